The Morgan fingerprint density at radius 1 is 1.24 bits per heavy atom. The molecule has 0 aromatic heterocycles. The van der Waals surface area contributed by atoms with Gasteiger partial charge in [-0.3, -0.25) is 4.79 Å². The fraction of sp³-hybridized carbons (Fsp3) is 0.125. The summed E-state index contributed by atoms with van der Waals surface area (Å²) in [5.74, 6) is -0.192. The molecule has 0 fully saturated rings. The Labute approximate surface area is 132 Å². The molecule has 1 amide bonds. The highest BCUT2D eigenvalue weighted by Gasteiger charge is 1.99. The predicted molar refractivity (Wildman–Crippen MR) is 89.5 cm³/mol. The highest BCUT2D eigenvalue weighted by molar-refractivity contribution is 9.10. The molecule has 4 nitrogen and oxygen atoms in total. The van der Waals surface area contributed by atoms with E-state index in [9.17, 15) is 4.79 Å². The number of nitrogens with one attached hydrogen (secondary N) is 2. The second-order valence-electron chi connectivity index (χ2n) is 4.57. The van der Waals surface area contributed by atoms with Crippen LogP contribution in [0.3, 0.4) is 0 Å². The first-order chi connectivity index (χ1) is 10.1. The van der Waals surface area contributed by atoms with E-state index in [1.165, 1.54) is 0 Å². The zero-order valence-corrected chi connectivity index (χ0v) is 13.2. The third-order valence-corrected chi connectivity index (χ3v) is 3.22. The molecule has 5 heteroatoms. The molecule has 0 saturated carbocycles. The first kappa shape index (κ1) is 15.3. The highest BCUT2D eigenvalue weighted by atomic mass is 79.9. The topological polar surface area (TPSA) is 53.5 Å². The Hall–Kier alpha value is -2.14. The van der Waals surface area contributed by atoms with Gasteiger partial charge >= 0.3 is 0 Å². The average Bonchev–Trinajstić information content (AvgIpc) is 2.45. The summed E-state index contributed by atoms with van der Waals surface area (Å²) in [5, 5.41) is 6.98. The Morgan fingerprint density at radius 2 is 2.05 bits per heavy atom. The number of benzene rings is 2. The normalized spacial score (nSPS) is 10.6. The Bertz CT molecular complexity index is 655. The maximum Gasteiger partial charge on any atom is 0.259 e. The van der Waals surface area contributed by atoms with Crippen molar-refractivity contribution in [3.05, 3.63) is 64.1 Å². The van der Waals surface area contributed by atoms with Crippen LogP contribution in [0, 0.1) is 6.92 Å². The number of rotatable bonds is 5. The van der Waals surface area contributed by atoms with Gasteiger partial charge in [-0.05, 0) is 42.3 Å². The number of carbonyl (C=O) groups is 1. The number of carbonyl (C=O) groups excluding carboxylic acids is 1. The van der Waals surface area contributed by atoms with Gasteiger partial charge in [0.1, 0.15) is 0 Å². The van der Waals surface area contributed by atoms with Gasteiger partial charge in [-0.25, -0.2) is 5.43 Å². The summed E-state index contributed by atoms with van der Waals surface area (Å²) in [7, 11) is 0. The summed E-state index contributed by atoms with van der Waals surface area (Å²) in [5.41, 5.74) is 5.47. The van der Waals surface area contributed by atoms with Crippen molar-refractivity contribution in [1.82, 2.24) is 5.43 Å². The number of anilines is 1. The van der Waals surface area contributed by atoms with Gasteiger partial charge in [0.15, 0.2) is 0 Å². The molecule has 0 bridgehead atoms. The van der Waals surface area contributed by atoms with Crippen LogP contribution in [0.25, 0.3) is 0 Å². The van der Waals surface area contributed by atoms with E-state index in [1.807, 2.05) is 55.5 Å². The molecule has 2 aromatic carbocycles. The Kier molecular flexibility index (Phi) is 5.51. The molecule has 0 aliphatic carbocycles. The maximum absolute atomic E-state index is 11.7. The molecular formula is C16H16BrN3O. The zero-order chi connectivity index (χ0) is 15.1. The van der Waals surface area contributed by atoms with Crippen LogP contribution in [-0.4, -0.2) is 18.7 Å². The quantitative estimate of drug-likeness (QED) is 0.645. The number of aryl methyl sites for hydroxylation is 1. The molecule has 0 radical (unpaired) electrons. The first-order valence-electron chi connectivity index (χ1n) is 6.51. The van der Waals surface area contributed by atoms with Gasteiger partial charge in [0.05, 0.1) is 12.8 Å². The predicted octanol–water partition coefficient (Wildman–Crippen LogP) is 3.32. The van der Waals surface area contributed by atoms with Crippen molar-refractivity contribution < 1.29 is 4.79 Å². The van der Waals surface area contributed by atoms with E-state index in [0.717, 1.165) is 21.3 Å². The molecule has 0 aliphatic rings. The fourth-order valence-electron chi connectivity index (χ4n) is 1.74. The monoisotopic (exact) mass is 345 g/mol. The number of hydrogen-bond acceptors (Lipinski definition) is 3. The van der Waals surface area contributed by atoms with E-state index in [2.05, 4.69) is 31.8 Å². The molecule has 108 valence electrons. The van der Waals surface area contributed by atoms with Crippen LogP contribution in [0.15, 0.2) is 58.1 Å². The molecule has 0 unspecified atom stereocenters. The van der Waals surface area contributed by atoms with Crippen LogP contribution in [0.1, 0.15) is 11.1 Å². The van der Waals surface area contributed by atoms with Crippen LogP contribution in [-0.2, 0) is 4.79 Å². The van der Waals surface area contributed by atoms with Gasteiger partial charge in [-0.2, -0.15) is 5.10 Å². The van der Waals surface area contributed by atoms with E-state index in [4.69, 9.17) is 0 Å². The van der Waals surface area contributed by atoms with Crippen molar-refractivity contribution in [3.8, 4) is 0 Å². The lowest BCUT2D eigenvalue weighted by Crippen LogP contribution is -2.25. The summed E-state index contributed by atoms with van der Waals surface area (Å²) in [6.45, 7) is 2.19. The zero-order valence-electron chi connectivity index (χ0n) is 11.6. The van der Waals surface area contributed by atoms with Crippen molar-refractivity contribution >= 4 is 33.7 Å². The summed E-state index contributed by atoms with van der Waals surface area (Å²) in [4.78, 5) is 11.7. The van der Waals surface area contributed by atoms with Crippen LogP contribution in [0.2, 0.25) is 0 Å². The van der Waals surface area contributed by atoms with Crippen molar-refractivity contribution in [2.24, 2.45) is 5.10 Å². The Morgan fingerprint density at radius 3 is 2.81 bits per heavy atom. The molecule has 0 saturated heterocycles. The minimum Gasteiger partial charge on any atom is -0.376 e. The van der Waals surface area contributed by atoms with Crippen molar-refractivity contribution in [2.45, 2.75) is 6.92 Å². The molecule has 21 heavy (non-hydrogen) atoms. The molecule has 2 N–H and O–H groups in total. The first-order valence-corrected chi connectivity index (χ1v) is 7.31. The second-order valence-corrected chi connectivity index (χ2v) is 5.49. The van der Waals surface area contributed by atoms with E-state index in [0.29, 0.717) is 0 Å². The van der Waals surface area contributed by atoms with Gasteiger partial charge in [-0.1, -0.05) is 40.2 Å². The average molecular weight is 346 g/mol. The third kappa shape index (κ3) is 5.39. The lowest BCUT2D eigenvalue weighted by molar-refractivity contribution is -0.119. The highest BCUT2D eigenvalue weighted by Crippen LogP contribution is 2.10. The molecule has 0 heterocycles. The third-order valence-electron chi connectivity index (χ3n) is 2.72. The van der Waals surface area contributed by atoms with Gasteiger partial charge in [-0.15, -0.1) is 0 Å². The van der Waals surface area contributed by atoms with Crippen molar-refractivity contribution in [3.63, 3.8) is 0 Å². The minimum absolute atomic E-state index is 0.180. The largest absolute Gasteiger partial charge is 0.376 e. The van der Waals surface area contributed by atoms with Gasteiger partial charge in [0.2, 0.25) is 0 Å². The molecule has 0 aliphatic heterocycles. The summed E-state index contributed by atoms with van der Waals surface area (Å²) in [6.07, 6.45) is 1.61. The Balaban J connectivity index is 1.80. The number of hydrazone groups is 1. The fourth-order valence-corrected chi connectivity index (χ4v) is 2.16. The smallest absolute Gasteiger partial charge is 0.259 e. The molecular weight excluding hydrogens is 330 g/mol. The SMILES string of the molecule is Cc1cccc(NCC(=O)N/N=C/c2cccc(Br)c2)c1. The number of nitrogens with zero attached hydrogens (tertiary/aromatic N) is 1. The lowest BCUT2D eigenvalue weighted by Gasteiger charge is -2.05. The standard InChI is InChI=1S/C16H16BrN3O/c1-12-4-2-7-15(8-12)18-11-16(21)20-19-10-13-5-3-6-14(17)9-13/h2-10,18H,11H2,1H3,(H,20,21)/b19-10+. The van der Waals surface area contributed by atoms with E-state index >= 15 is 0 Å². The second kappa shape index (κ2) is 7.59. The van der Waals surface area contributed by atoms with Gasteiger partial charge < -0.3 is 5.32 Å². The van der Waals surface area contributed by atoms with Gasteiger partial charge in [0, 0.05) is 10.2 Å². The lowest BCUT2D eigenvalue weighted by atomic mass is 10.2. The molecule has 0 spiro atoms. The summed E-state index contributed by atoms with van der Waals surface area (Å²) >= 11 is 3.38. The molecule has 0 atom stereocenters. The summed E-state index contributed by atoms with van der Waals surface area (Å²) in [6, 6.07) is 15.5. The molecule has 2 aromatic rings. The number of halogens is 1. The molecule has 2 rings (SSSR count). The summed E-state index contributed by atoms with van der Waals surface area (Å²) < 4.78 is 0.971. The maximum atomic E-state index is 11.7. The van der Waals surface area contributed by atoms with Crippen LogP contribution >= 0.6 is 15.9 Å². The number of hydrogen-bond donors (Lipinski definition) is 2. The van der Waals surface area contributed by atoms with Crippen LogP contribution in [0.5, 0.6) is 0 Å². The van der Waals surface area contributed by atoms with Gasteiger partial charge in [0.25, 0.3) is 5.91 Å². The number of amides is 1. The van der Waals surface area contributed by atoms with E-state index in [1.54, 1.807) is 6.21 Å². The van der Waals surface area contributed by atoms with E-state index in [-0.39, 0.29) is 12.5 Å². The van der Waals surface area contributed by atoms with Crippen LogP contribution in [0.4, 0.5) is 5.69 Å². The minimum atomic E-state index is -0.192. The van der Waals surface area contributed by atoms with E-state index < -0.39 is 0 Å². The van der Waals surface area contributed by atoms with Crippen molar-refractivity contribution in [2.75, 3.05) is 11.9 Å². The van der Waals surface area contributed by atoms with Crippen molar-refractivity contribution in [1.29, 1.82) is 0 Å². The van der Waals surface area contributed by atoms with Crippen LogP contribution < -0.4 is 10.7 Å².